The fraction of sp³-hybridized carbons (Fsp3) is 0.462. The van der Waals surface area contributed by atoms with Crippen LogP contribution >= 0.6 is 0 Å². The molecule has 2 aromatic rings. The van der Waals surface area contributed by atoms with E-state index >= 15 is 0 Å². The van der Waals surface area contributed by atoms with E-state index in [-0.39, 0.29) is 0 Å². The lowest BCUT2D eigenvalue weighted by atomic mass is 10.1. The van der Waals surface area contributed by atoms with Crippen molar-refractivity contribution in [2.45, 2.75) is 26.2 Å². The molecule has 0 atom stereocenters. The molecule has 6 nitrogen and oxygen atoms in total. The van der Waals surface area contributed by atoms with Gasteiger partial charge in [0.1, 0.15) is 23.7 Å². The summed E-state index contributed by atoms with van der Waals surface area (Å²) >= 11 is 0. The predicted molar refractivity (Wildman–Crippen MR) is 72.6 cm³/mol. The van der Waals surface area contributed by atoms with Gasteiger partial charge < -0.3 is 14.7 Å². The molecule has 0 saturated carbocycles. The number of anilines is 3. The highest BCUT2D eigenvalue weighted by Gasteiger charge is 2.13. The Kier molecular flexibility index (Phi) is 3.31. The van der Waals surface area contributed by atoms with Crippen molar-refractivity contribution in [3.8, 4) is 0 Å². The third kappa shape index (κ3) is 2.83. The summed E-state index contributed by atoms with van der Waals surface area (Å²) in [5.74, 6) is 3.15. The lowest BCUT2D eigenvalue weighted by Gasteiger charge is -2.27. The van der Waals surface area contributed by atoms with Gasteiger partial charge in [-0.2, -0.15) is 0 Å². The zero-order chi connectivity index (χ0) is 13.1. The van der Waals surface area contributed by atoms with E-state index in [9.17, 15) is 0 Å². The number of aromatic nitrogens is 3. The van der Waals surface area contributed by atoms with E-state index in [1.807, 2.05) is 19.1 Å². The van der Waals surface area contributed by atoms with Gasteiger partial charge >= 0.3 is 0 Å². The number of aryl methyl sites for hydroxylation is 1. The van der Waals surface area contributed by atoms with Gasteiger partial charge in [-0.25, -0.2) is 9.97 Å². The molecule has 1 saturated heterocycles. The lowest BCUT2D eigenvalue weighted by Crippen LogP contribution is -2.30. The molecule has 100 valence electrons. The Hall–Kier alpha value is -2.11. The van der Waals surface area contributed by atoms with Crippen molar-refractivity contribution in [2.75, 3.05) is 23.3 Å². The molecule has 0 aromatic carbocycles. The quantitative estimate of drug-likeness (QED) is 0.913. The van der Waals surface area contributed by atoms with Gasteiger partial charge in [-0.15, -0.1) is 0 Å². The lowest BCUT2D eigenvalue weighted by molar-refractivity contribution is 0.400. The van der Waals surface area contributed by atoms with E-state index in [1.54, 1.807) is 6.33 Å². The molecule has 0 unspecified atom stereocenters. The first-order valence-electron chi connectivity index (χ1n) is 6.58. The minimum atomic E-state index is 0.667. The van der Waals surface area contributed by atoms with Gasteiger partial charge in [-0.05, 0) is 26.2 Å². The first kappa shape index (κ1) is 12.0. The van der Waals surface area contributed by atoms with Crippen LogP contribution in [0.5, 0.6) is 0 Å². The summed E-state index contributed by atoms with van der Waals surface area (Å²) in [6.07, 6.45) is 5.36. The molecule has 1 fully saturated rings. The maximum Gasteiger partial charge on any atom is 0.175 e. The van der Waals surface area contributed by atoms with E-state index in [1.165, 1.54) is 19.3 Å². The van der Waals surface area contributed by atoms with Crippen LogP contribution in [0.2, 0.25) is 0 Å². The van der Waals surface area contributed by atoms with Crippen molar-refractivity contribution in [3.63, 3.8) is 0 Å². The number of hydrogen-bond acceptors (Lipinski definition) is 6. The van der Waals surface area contributed by atoms with Gasteiger partial charge in [0.25, 0.3) is 0 Å². The van der Waals surface area contributed by atoms with E-state index in [4.69, 9.17) is 4.52 Å². The Balaban J connectivity index is 1.75. The van der Waals surface area contributed by atoms with Crippen molar-refractivity contribution in [1.82, 2.24) is 15.1 Å². The van der Waals surface area contributed by atoms with Gasteiger partial charge in [0.15, 0.2) is 5.82 Å². The summed E-state index contributed by atoms with van der Waals surface area (Å²) in [6, 6.07) is 3.79. The minimum Gasteiger partial charge on any atom is -0.360 e. The second-order valence-electron chi connectivity index (χ2n) is 4.76. The molecule has 0 radical (unpaired) electrons. The molecule has 2 aromatic heterocycles. The first-order chi connectivity index (χ1) is 9.31. The van der Waals surface area contributed by atoms with E-state index < -0.39 is 0 Å². The Morgan fingerprint density at radius 1 is 1.11 bits per heavy atom. The van der Waals surface area contributed by atoms with Crippen LogP contribution in [0.3, 0.4) is 0 Å². The van der Waals surface area contributed by atoms with Crippen LogP contribution in [-0.2, 0) is 0 Å². The van der Waals surface area contributed by atoms with Crippen LogP contribution in [0, 0.1) is 6.92 Å². The Labute approximate surface area is 111 Å². The highest BCUT2D eigenvalue weighted by molar-refractivity contribution is 5.56. The third-order valence-electron chi connectivity index (χ3n) is 3.22. The van der Waals surface area contributed by atoms with E-state index in [0.717, 1.165) is 30.5 Å². The second kappa shape index (κ2) is 5.26. The van der Waals surface area contributed by atoms with E-state index in [2.05, 4.69) is 25.3 Å². The summed E-state index contributed by atoms with van der Waals surface area (Å²) in [5.41, 5.74) is 0. The first-order valence-corrected chi connectivity index (χ1v) is 6.58. The number of piperidine rings is 1. The van der Waals surface area contributed by atoms with Crippen LogP contribution < -0.4 is 10.2 Å². The van der Waals surface area contributed by atoms with Gasteiger partial charge in [-0.1, -0.05) is 5.16 Å². The molecule has 0 spiro atoms. The molecule has 0 bridgehead atoms. The maximum absolute atomic E-state index is 5.02. The molecule has 3 heterocycles. The van der Waals surface area contributed by atoms with Gasteiger partial charge in [0.2, 0.25) is 0 Å². The topological polar surface area (TPSA) is 67.1 Å². The number of nitrogens with zero attached hydrogens (tertiary/aromatic N) is 4. The van der Waals surface area contributed by atoms with Crippen molar-refractivity contribution >= 4 is 17.5 Å². The van der Waals surface area contributed by atoms with Crippen LogP contribution in [0.15, 0.2) is 23.0 Å². The smallest absolute Gasteiger partial charge is 0.175 e. The molecule has 1 aliphatic rings. The predicted octanol–water partition coefficient (Wildman–Crippen LogP) is 2.51. The van der Waals surface area contributed by atoms with Crippen molar-refractivity contribution in [2.24, 2.45) is 0 Å². The van der Waals surface area contributed by atoms with Crippen molar-refractivity contribution in [1.29, 1.82) is 0 Å². The fourth-order valence-corrected chi connectivity index (χ4v) is 2.27. The molecule has 1 aliphatic heterocycles. The summed E-state index contributed by atoms with van der Waals surface area (Å²) in [4.78, 5) is 10.8. The average Bonchev–Trinajstić information content (AvgIpc) is 2.85. The zero-order valence-electron chi connectivity index (χ0n) is 11.0. The summed E-state index contributed by atoms with van der Waals surface area (Å²) < 4.78 is 5.02. The molecule has 6 heteroatoms. The largest absolute Gasteiger partial charge is 0.360 e. The average molecular weight is 259 g/mol. The van der Waals surface area contributed by atoms with Gasteiger partial charge in [-0.3, -0.25) is 0 Å². The van der Waals surface area contributed by atoms with Gasteiger partial charge in [0, 0.05) is 25.2 Å². The molecular formula is C13H17N5O. The number of rotatable bonds is 3. The summed E-state index contributed by atoms with van der Waals surface area (Å²) in [6.45, 7) is 4.00. The standard InChI is InChI=1S/C13H17N5O/c1-10-7-12(17-19-10)16-11-8-13(15-9-14-11)18-5-3-2-4-6-18/h7-9H,2-6H2,1H3,(H,14,15,16,17). The highest BCUT2D eigenvalue weighted by Crippen LogP contribution is 2.21. The number of hydrogen-bond donors (Lipinski definition) is 1. The van der Waals surface area contributed by atoms with Crippen LogP contribution in [-0.4, -0.2) is 28.2 Å². The second-order valence-corrected chi connectivity index (χ2v) is 4.76. The Bertz CT molecular complexity index is 547. The SMILES string of the molecule is Cc1cc(Nc2cc(N3CCCCC3)ncn2)no1. The molecule has 19 heavy (non-hydrogen) atoms. The van der Waals surface area contributed by atoms with Crippen molar-refractivity contribution in [3.05, 3.63) is 24.2 Å². The Morgan fingerprint density at radius 3 is 2.68 bits per heavy atom. The van der Waals surface area contributed by atoms with Gasteiger partial charge in [0.05, 0.1) is 0 Å². The normalized spacial score (nSPS) is 15.5. The molecular weight excluding hydrogens is 242 g/mol. The fourth-order valence-electron chi connectivity index (χ4n) is 2.27. The monoisotopic (exact) mass is 259 g/mol. The highest BCUT2D eigenvalue weighted by atomic mass is 16.5. The molecule has 1 N–H and O–H groups in total. The summed E-state index contributed by atoms with van der Waals surface area (Å²) in [5, 5.41) is 7.01. The van der Waals surface area contributed by atoms with Crippen LogP contribution in [0.1, 0.15) is 25.0 Å². The Morgan fingerprint density at radius 2 is 1.95 bits per heavy atom. The van der Waals surface area contributed by atoms with Crippen LogP contribution in [0.25, 0.3) is 0 Å². The van der Waals surface area contributed by atoms with Crippen LogP contribution in [0.4, 0.5) is 17.5 Å². The molecule has 0 amide bonds. The number of nitrogens with one attached hydrogen (secondary N) is 1. The summed E-state index contributed by atoms with van der Waals surface area (Å²) in [7, 11) is 0. The maximum atomic E-state index is 5.02. The van der Waals surface area contributed by atoms with E-state index in [0.29, 0.717) is 5.82 Å². The molecule has 3 rings (SSSR count). The third-order valence-corrected chi connectivity index (χ3v) is 3.22. The minimum absolute atomic E-state index is 0.667. The zero-order valence-corrected chi connectivity index (χ0v) is 11.0. The molecule has 0 aliphatic carbocycles. The van der Waals surface area contributed by atoms with Crippen molar-refractivity contribution < 1.29 is 4.52 Å².